The Labute approximate surface area is 110 Å². The molecule has 0 spiro atoms. The molecule has 0 aliphatic carbocycles. The summed E-state index contributed by atoms with van der Waals surface area (Å²) in [5.41, 5.74) is 0.679. The third-order valence-electron chi connectivity index (χ3n) is 3.00. The standard InChI is InChI=1S/C13H15NO5/c1-18-11-5-2-9(3-6-11)14-10(4-7-12(15)16)8-19-13(14)17/h2-3,5-6,10H,4,7-8H2,1H3,(H,15,16). The Hall–Kier alpha value is -2.24. The molecule has 1 aliphatic heterocycles. The molecular formula is C13H15NO5. The van der Waals surface area contributed by atoms with Crippen molar-refractivity contribution in [2.24, 2.45) is 0 Å². The predicted molar refractivity (Wildman–Crippen MR) is 67.5 cm³/mol. The summed E-state index contributed by atoms with van der Waals surface area (Å²) in [6.45, 7) is 0.220. The van der Waals surface area contributed by atoms with Gasteiger partial charge in [0, 0.05) is 12.1 Å². The average molecular weight is 265 g/mol. The number of benzene rings is 1. The number of carbonyl (C=O) groups excluding carboxylic acids is 1. The van der Waals surface area contributed by atoms with Gasteiger partial charge in [0.1, 0.15) is 12.4 Å². The monoisotopic (exact) mass is 265 g/mol. The Morgan fingerprint density at radius 2 is 2.16 bits per heavy atom. The van der Waals surface area contributed by atoms with Gasteiger partial charge in [0.05, 0.1) is 13.2 Å². The molecule has 2 rings (SSSR count). The number of aliphatic carboxylic acids is 1. The first-order chi connectivity index (χ1) is 9.11. The summed E-state index contributed by atoms with van der Waals surface area (Å²) in [7, 11) is 1.56. The van der Waals surface area contributed by atoms with Crippen LogP contribution >= 0.6 is 0 Å². The van der Waals surface area contributed by atoms with Gasteiger partial charge < -0.3 is 14.6 Å². The fourth-order valence-corrected chi connectivity index (χ4v) is 2.02. The third kappa shape index (κ3) is 2.96. The number of carbonyl (C=O) groups is 2. The molecule has 0 saturated carbocycles. The van der Waals surface area contributed by atoms with Crippen molar-refractivity contribution in [3.63, 3.8) is 0 Å². The number of hydrogen-bond donors (Lipinski definition) is 1. The first kappa shape index (κ1) is 13.2. The van der Waals surface area contributed by atoms with E-state index in [-0.39, 0.29) is 19.1 Å². The van der Waals surface area contributed by atoms with Crippen molar-refractivity contribution in [2.45, 2.75) is 18.9 Å². The van der Waals surface area contributed by atoms with Crippen LogP contribution in [0.5, 0.6) is 5.75 Å². The summed E-state index contributed by atoms with van der Waals surface area (Å²) in [6.07, 6.45) is -0.0679. The van der Waals surface area contributed by atoms with Crippen LogP contribution in [0.3, 0.4) is 0 Å². The molecule has 6 nitrogen and oxygen atoms in total. The minimum Gasteiger partial charge on any atom is -0.497 e. The van der Waals surface area contributed by atoms with Crippen LogP contribution < -0.4 is 9.64 Å². The Kier molecular flexibility index (Phi) is 3.89. The Balaban J connectivity index is 2.13. The third-order valence-corrected chi connectivity index (χ3v) is 3.00. The number of nitrogens with zero attached hydrogens (tertiary/aromatic N) is 1. The maximum Gasteiger partial charge on any atom is 0.414 e. The number of carboxylic acid groups (broad SMARTS) is 1. The molecule has 1 unspecified atom stereocenters. The van der Waals surface area contributed by atoms with E-state index >= 15 is 0 Å². The summed E-state index contributed by atoms with van der Waals surface area (Å²) in [5.74, 6) is -0.188. The molecule has 1 aromatic rings. The fraction of sp³-hybridized carbons (Fsp3) is 0.385. The van der Waals surface area contributed by atoms with E-state index in [1.54, 1.807) is 31.4 Å². The lowest BCUT2D eigenvalue weighted by atomic mass is 10.1. The second kappa shape index (κ2) is 5.60. The number of carboxylic acids is 1. The number of methoxy groups -OCH3 is 1. The van der Waals surface area contributed by atoms with Crippen LogP contribution in [-0.4, -0.2) is 36.9 Å². The van der Waals surface area contributed by atoms with Crippen LogP contribution in [0.1, 0.15) is 12.8 Å². The first-order valence-electron chi connectivity index (χ1n) is 5.93. The number of rotatable bonds is 5. The highest BCUT2D eigenvalue weighted by Crippen LogP contribution is 2.27. The van der Waals surface area contributed by atoms with E-state index < -0.39 is 12.1 Å². The maximum absolute atomic E-state index is 11.7. The van der Waals surface area contributed by atoms with Crippen LogP contribution in [0.4, 0.5) is 10.5 Å². The van der Waals surface area contributed by atoms with E-state index in [1.807, 2.05) is 0 Å². The van der Waals surface area contributed by atoms with Gasteiger partial charge in [-0.05, 0) is 30.7 Å². The zero-order valence-corrected chi connectivity index (χ0v) is 10.5. The average Bonchev–Trinajstić information content (AvgIpc) is 2.78. The van der Waals surface area contributed by atoms with Crippen molar-refractivity contribution < 1.29 is 24.2 Å². The molecule has 1 N–H and O–H groups in total. The Morgan fingerprint density at radius 1 is 1.47 bits per heavy atom. The summed E-state index contributed by atoms with van der Waals surface area (Å²) in [4.78, 5) is 23.8. The van der Waals surface area contributed by atoms with Crippen molar-refractivity contribution in [3.05, 3.63) is 24.3 Å². The van der Waals surface area contributed by atoms with Crippen LogP contribution in [0.15, 0.2) is 24.3 Å². The molecule has 0 bridgehead atoms. The van der Waals surface area contributed by atoms with E-state index in [9.17, 15) is 9.59 Å². The van der Waals surface area contributed by atoms with Gasteiger partial charge in [0.15, 0.2) is 0 Å². The minimum atomic E-state index is -0.881. The summed E-state index contributed by atoms with van der Waals surface area (Å²) >= 11 is 0. The molecule has 1 amide bonds. The van der Waals surface area contributed by atoms with E-state index in [0.29, 0.717) is 17.9 Å². The lowest BCUT2D eigenvalue weighted by Crippen LogP contribution is -2.33. The van der Waals surface area contributed by atoms with Gasteiger partial charge >= 0.3 is 12.1 Å². The van der Waals surface area contributed by atoms with E-state index in [4.69, 9.17) is 14.6 Å². The summed E-state index contributed by atoms with van der Waals surface area (Å²) in [5, 5.41) is 8.70. The van der Waals surface area contributed by atoms with Crippen LogP contribution in [0.2, 0.25) is 0 Å². The Morgan fingerprint density at radius 3 is 2.74 bits per heavy atom. The van der Waals surface area contributed by atoms with Gasteiger partial charge in [-0.1, -0.05) is 0 Å². The van der Waals surface area contributed by atoms with Gasteiger partial charge in [-0.3, -0.25) is 9.69 Å². The summed E-state index contributed by atoms with van der Waals surface area (Å²) in [6, 6.07) is 6.75. The van der Waals surface area contributed by atoms with E-state index in [0.717, 1.165) is 0 Å². The zero-order chi connectivity index (χ0) is 13.8. The topological polar surface area (TPSA) is 76.1 Å². The molecule has 1 atom stereocenters. The van der Waals surface area contributed by atoms with Gasteiger partial charge in [0.2, 0.25) is 0 Å². The molecule has 19 heavy (non-hydrogen) atoms. The molecule has 1 aromatic carbocycles. The molecule has 1 aliphatic rings. The van der Waals surface area contributed by atoms with Crippen molar-refractivity contribution in [3.8, 4) is 5.75 Å². The number of anilines is 1. The quantitative estimate of drug-likeness (QED) is 0.879. The van der Waals surface area contributed by atoms with Crippen LogP contribution in [0, 0.1) is 0 Å². The van der Waals surface area contributed by atoms with Gasteiger partial charge in [-0.25, -0.2) is 4.79 Å². The molecule has 0 aromatic heterocycles. The van der Waals surface area contributed by atoms with E-state index in [1.165, 1.54) is 4.90 Å². The van der Waals surface area contributed by atoms with Crippen LogP contribution in [0.25, 0.3) is 0 Å². The number of ether oxygens (including phenoxy) is 2. The van der Waals surface area contributed by atoms with Crippen molar-refractivity contribution in [1.82, 2.24) is 0 Å². The number of cyclic esters (lactones) is 1. The largest absolute Gasteiger partial charge is 0.497 e. The maximum atomic E-state index is 11.7. The normalized spacial score (nSPS) is 18.3. The van der Waals surface area contributed by atoms with E-state index in [2.05, 4.69) is 0 Å². The molecule has 0 radical (unpaired) electrons. The highest BCUT2D eigenvalue weighted by atomic mass is 16.6. The number of amides is 1. The minimum absolute atomic E-state index is 0.00790. The predicted octanol–water partition coefficient (Wildman–Crippen LogP) is 1.89. The molecule has 1 heterocycles. The van der Waals surface area contributed by atoms with Crippen molar-refractivity contribution in [1.29, 1.82) is 0 Å². The first-order valence-corrected chi connectivity index (χ1v) is 5.93. The van der Waals surface area contributed by atoms with Gasteiger partial charge in [-0.15, -0.1) is 0 Å². The lowest BCUT2D eigenvalue weighted by Gasteiger charge is -2.21. The zero-order valence-electron chi connectivity index (χ0n) is 10.5. The number of hydrogen-bond acceptors (Lipinski definition) is 4. The van der Waals surface area contributed by atoms with Gasteiger partial charge in [0.25, 0.3) is 0 Å². The molecule has 1 saturated heterocycles. The molecule has 1 fully saturated rings. The second-order valence-electron chi connectivity index (χ2n) is 4.23. The molecule has 6 heteroatoms. The fourth-order valence-electron chi connectivity index (χ4n) is 2.02. The highest BCUT2D eigenvalue weighted by molar-refractivity contribution is 5.90. The van der Waals surface area contributed by atoms with Crippen molar-refractivity contribution >= 4 is 17.7 Å². The molecular weight excluding hydrogens is 250 g/mol. The highest BCUT2D eigenvalue weighted by Gasteiger charge is 2.34. The molecule has 102 valence electrons. The lowest BCUT2D eigenvalue weighted by molar-refractivity contribution is -0.137. The van der Waals surface area contributed by atoms with Gasteiger partial charge in [-0.2, -0.15) is 0 Å². The smallest absolute Gasteiger partial charge is 0.414 e. The Bertz CT molecular complexity index is 470. The summed E-state index contributed by atoms with van der Waals surface area (Å²) < 4.78 is 10.0. The van der Waals surface area contributed by atoms with Crippen LogP contribution in [-0.2, 0) is 9.53 Å². The second-order valence-corrected chi connectivity index (χ2v) is 4.23. The SMILES string of the molecule is COc1ccc(N2C(=O)OCC2CCC(=O)O)cc1. The van der Waals surface area contributed by atoms with Crippen molar-refractivity contribution in [2.75, 3.05) is 18.6 Å².